The Labute approximate surface area is 174 Å². The number of hydrogen-bond acceptors (Lipinski definition) is 4. The van der Waals surface area contributed by atoms with Crippen LogP contribution in [0.1, 0.15) is 58.2 Å². The summed E-state index contributed by atoms with van der Waals surface area (Å²) < 4.78 is 0. The number of guanidine groups is 1. The van der Waals surface area contributed by atoms with Crippen molar-refractivity contribution in [2.75, 3.05) is 26.2 Å². The molecule has 5 nitrogen and oxygen atoms in total. The van der Waals surface area contributed by atoms with Crippen molar-refractivity contribution in [3.05, 3.63) is 16.1 Å². The second-order valence-corrected chi connectivity index (χ2v) is 8.25. The lowest BCUT2D eigenvalue weighted by molar-refractivity contribution is 0.267. The van der Waals surface area contributed by atoms with Crippen LogP contribution in [-0.2, 0) is 12.0 Å². The number of rotatable bonds is 6. The van der Waals surface area contributed by atoms with Gasteiger partial charge in [-0.1, -0.05) is 27.7 Å². The van der Waals surface area contributed by atoms with Crippen molar-refractivity contribution in [2.45, 2.75) is 65.5 Å². The Hall–Kier alpha value is -0.410. The molecule has 1 unspecified atom stereocenters. The molecule has 1 aromatic heterocycles. The van der Waals surface area contributed by atoms with Gasteiger partial charge >= 0.3 is 0 Å². The van der Waals surface area contributed by atoms with E-state index in [1.165, 1.54) is 24.4 Å². The van der Waals surface area contributed by atoms with E-state index in [4.69, 9.17) is 9.98 Å². The fraction of sp³-hybridized carbons (Fsp3) is 0.778. The van der Waals surface area contributed by atoms with Gasteiger partial charge in [0.25, 0.3) is 0 Å². The van der Waals surface area contributed by atoms with Gasteiger partial charge in [-0.15, -0.1) is 35.3 Å². The molecule has 0 amide bonds. The minimum atomic E-state index is 0. The van der Waals surface area contributed by atoms with Crippen LogP contribution in [-0.4, -0.2) is 48.1 Å². The highest BCUT2D eigenvalue weighted by Gasteiger charge is 2.22. The largest absolute Gasteiger partial charge is 0.357 e. The number of nitrogens with zero attached hydrogens (tertiary/aromatic N) is 3. The molecule has 0 bridgehead atoms. The van der Waals surface area contributed by atoms with Gasteiger partial charge in [0.1, 0.15) is 0 Å². The first-order chi connectivity index (χ1) is 11.4. The third-order valence-corrected chi connectivity index (χ3v) is 5.66. The standard InChI is InChI=1S/C18H33N5S.HI/c1-6-19-17(21-12-15-9-8-10-23(15)7-2)20-11-14-13-24-16(22-14)18(3,4)5;/h13,15H,6-12H2,1-5H3,(H2,19,20,21);1H. The van der Waals surface area contributed by atoms with Crippen molar-refractivity contribution >= 4 is 41.3 Å². The SMILES string of the molecule is CCNC(=NCc1csc(C(C)(C)C)n1)NCC1CCCN1CC.I. The third kappa shape index (κ3) is 7.02. The maximum atomic E-state index is 4.72. The Morgan fingerprint density at radius 2 is 2.12 bits per heavy atom. The third-order valence-electron chi connectivity index (χ3n) is 4.35. The zero-order valence-corrected chi connectivity index (χ0v) is 19.4. The number of aliphatic imine (C=N–C) groups is 1. The summed E-state index contributed by atoms with van der Waals surface area (Å²) in [5, 5.41) is 10.2. The number of hydrogen-bond donors (Lipinski definition) is 2. The Morgan fingerprint density at radius 3 is 2.72 bits per heavy atom. The summed E-state index contributed by atoms with van der Waals surface area (Å²) in [6, 6.07) is 0.630. The molecular formula is C18H34IN5S. The lowest BCUT2D eigenvalue weighted by atomic mass is 9.98. The van der Waals surface area contributed by atoms with Crippen molar-refractivity contribution in [3.63, 3.8) is 0 Å². The normalized spacial score (nSPS) is 18.9. The summed E-state index contributed by atoms with van der Waals surface area (Å²) >= 11 is 1.73. The van der Waals surface area contributed by atoms with Crippen LogP contribution in [0, 0.1) is 0 Å². The number of thiazole rings is 1. The summed E-state index contributed by atoms with van der Waals surface area (Å²) in [7, 11) is 0. The van der Waals surface area contributed by atoms with E-state index in [2.05, 4.69) is 55.5 Å². The molecule has 1 aliphatic rings. The summed E-state index contributed by atoms with van der Waals surface area (Å²) in [5.74, 6) is 0.894. The van der Waals surface area contributed by atoms with Gasteiger partial charge in [0.15, 0.2) is 5.96 Å². The quantitative estimate of drug-likeness (QED) is 0.372. The van der Waals surface area contributed by atoms with Crippen molar-refractivity contribution < 1.29 is 0 Å². The van der Waals surface area contributed by atoms with Crippen molar-refractivity contribution in [1.82, 2.24) is 20.5 Å². The molecule has 0 aromatic carbocycles. The Bertz CT molecular complexity index is 538. The second kappa shape index (κ2) is 10.7. The topological polar surface area (TPSA) is 52.6 Å². The van der Waals surface area contributed by atoms with Crippen LogP contribution in [0.2, 0.25) is 0 Å². The van der Waals surface area contributed by atoms with Gasteiger partial charge in [-0.3, -0.25) is 4.90 Å². The van der Waals surface area contributed by atoms with E-state index < -0.39 is 0 Å². The molecule has 0 aliphatic carbocycles. The molecule has 2 heterocycles. The number of nitrogens with one attached hydrogen (secondary N) is 2. The van der Waals surface area contributed by atoms with Crippen LogP contribution in [0.4, 0.5) is 0 Å². The summed E-state index contributed by atoms with van der Waals surface area (Å²) in [6.07, 6.45) is 2.59. The van der Waals surface area contributed by atoms with Gasteiger partial charge in [-0.05, 0) is 32.9 Å². The van der Waals surface area contributed by atoms with E-state index >= 15 is 0 Å². The molecule has 1 aliphatic heterocycles. The highest BCUT2D eigenvalue weighted by molar-refractivity contribution is 14.0. The lowest BCUT2D eigenvalue weighted by Crippen LogP contribution is -2.44. The maximum absolute atomic E-state index is 4.72. The van der Waals surface area contributed by atoms with Crippen LogP contribution in [0.15, 0.2) is 10.4 Å². The van der Waals surface area contributed by atoms with Crippen LogP contribution in [0.5, 0.6) is 0 Å². The monoisotopic (exact) mass is 479 g/mol. The molecule has 2 N–H and O–H groups in total. The molecule has 0 saturated carbocycles. The predicted octanol–water partition coefficient (Wildman–Crippen LogP) is 3.60. The van der Waals surface area contributed by atoms with Gasteiger partial charge in [0, 0.05) is 29.9 Å². The van der Waals surface area contributed by atoms with Gasteiger partial charge in [-0.2, -0.15) is 0 Å². The zero-order valence-electron chi connectivity index (χ0n) is 16.3. The minimum Gasteiger partial charge on any atom is -0.357 e. The van der Waals surface area contributed by atoms with Crippen LogP contribution in [0.3, 0.4) is 0 Å². The molecule has 0 radical (unpaired) electrons. The Balaban J connectivity index is 0.00000312. The smallest absolute Gasteiger partial charge is 0.191 e. The van der Waals surface area contributed by atoms with E-state index in [0.717, 1.165) is 31.3 Å². The van der Waals surface area contributed by atoms with E-state index in [1.54, 1.807) is 11.3 Å². The maximum Gasteiger partial charge on any atom is 0.191 e. The van der Waals surface area contributed by atoms with Gasteiger partial charge in [0.05, 0.1) is 17.2 Å². The van der Waals surface area contributed by atoms with Gasteiger partial charge in [0.2, 0.25) is 0 Å². The van der Waals surface area contributed by atoms with Crippen LogP contribution < -0.4 is 10.6 Å². The van der Waals surface area contributed by atoms with E-state index in [9.17, 15) is 0 Å². The number of halogens is 1. The molecule has 1 saturated heterocycles. The van der Waals surface area contributed by atoms with E-state index in [-0.39, 0.29) is 29.4 Å². The molecule has 1 fully saturated rings. The lowest BCUT2D eigenvalue weighted by Gasteiger charge is -2.23. The molecule has 25 heavy (non-hydrogen) atoms. The number of likely N-dealkylation sites (tertiary alicyclic amines) is 1. The summed E-state index contributed by atoms with van der Waals surface area (Å²) in [6.45, 7) is 15.8. The fourth-order valence-corrected chi connectivity index (χ4v) is 3.88. The van der Waals surface area contributed by atoms with E-state index in [0.29, 0.717) is 12.6 Å². The van der Waals surface area contributed by atoms with Crippen LogP contribution in [0.25, 0.3) is 0 Å². The summed E-state index contributed by atoms with van der Waals surface area (Å²) in [4.78, 5) is 12.0. The molecule has 1 aromatic rings. The number of likely N-dealkylation sites (N-methyl/N-ethyl adjacent to an activating group) is 1. The molecule has 7 heteroatoms. The minimum absolute atomic E-state index is 0. The highest BCUT2D eigenvalue weighted by Crippen LogP contribution is 2.25. The Morgan fingerprint density at radius 1 is 1.36 bits per heavy atom. The molecule has 0 spiro atoms. The van der Waals surface area contributed by atoms with Crippen molar-refractivity contribution in [2.24, 2.45) is 4.99 Å². The van der Waals surface area contributed by atoms with E-state index in [1.807, 2.05) is 0 Å². The van der Waals surface area contributed by atoms with Crippen molar-refractivity contribution in [3.8, 4) is 0 Å². The summed E-state index contributed by atoms with van der Waals surface area (Å²) in [5.41, 5.74) is 1.17. The number of aromatic nitrogens is 1. The first kappa shape index (κ1) is 22.6. The first-order valence-electron chi connectivity index (χ1n) is 9.15. The Kier molecular flexibility index (Phi) is 9.66. The predicted molar refractivity (Wildman–Crippen MR) is 119 cm³/mol. The van der Waals surface area contributed by atoms with Crippen molar-refractivity contribution in [1.29, 1.82) is 0 Å². The average molecular weight is 479 g/mol. The highest BCUT2D eigenvalue weighted by atomic mass is 127. The fourth-order valence-electron chi connectivity index (χ4n) is 2.98. The van der Waals surface area contributed by atoms with Crippen LogP contribution >= 0.6 is 35.3 Å². The second-order valence-electron chi connectivity index (χ2n) is 7.39. The van der Waals surface area contributed by atoms with Gasteiger partial charge < -0.3 is 10.6 Å². The zero-order chi connectivity index (χ0) is 17.6. The molecule has 144 valence electrons. The molecule has 2 rings (SSSR count). The molecule has 1 atom stereocenters. The first-order valence-corrected chi connectivity index (χ1v) is 10.0. The van der Waals surface area contributed by atoms with Gasteiger partial charge in [-0.25, -0.2) is 9.98 Å². The molecular weight excluding hydrogens is 445 g/mol. The average Bonchev–Trinajstić information content (AvgIpc) is 3.18.